The van der Waals surface area contributed by atoms with Crippen molar-refractivity contribution in [3.8, 4) is 0 Å². The predicted octanol–water partition coefficient (Wildman–Crippen LogP) is 1.82. The van der Waals surface area contributed by atoms with Gasteiger partial charge in [0.25, 0.3) is 5.69 Å². The van der Waals surface area contributed by atoms with Gasteiger partial charge in [-0.05, 0) is 36.8 Å². The maximum atomic E-state index is 12.3. The number of ether oxygens (including phenoxy) is 2. The highest BCUT2D eigenvalue weighted by Crippen LogP contribution is 2.30. The molecule has 26 heavy (non-hydrogen) atoms. The van der Waals surface area contributed by atoms with Crippen LogP contribution in [-0.4, -0.2) is 34.7 Å². The molecule has 1 aliphatic heterocycles. The van der Waals surface area contributed by atoms with Crippen LogP contribution < -0.4 is 0 Å². The second-order valence-corrected chi connectivity index (χ2v) is 5.96. The zero-order valence-electron chi connectivity index (χ0n) is 13.8. The summed E-state index contributed by atoms with van der Waals surface area (Å²) in [5.41, 5.74) is 1.10. The van der Waals surface area contributed by atoms with E-state index in [2.05, 4.69) is 0 Å². The molecule has 8 heteroatoms. The minimum absolute atomic E-state index is 0.0202. The first-order valence-electron chi connectivity index (χ1n) is 7.92. The predicted molar refractivity (Wildman–Crippen MR) is 88.0 cm³/mol. The van der Waals surface area contributed by atoms with Crippen molar-refractivity contribution in [3.05, 3.63) is 63.2 Å². The lowest BCUT2D eigenvalue weighted by atomic mass is 9.86. The van der Waals surface area contributed by atoms with Crippen molar-refractivity contribution in [2.24, 2.45) is 0 Å². The van der Waals surface area contributed by atoms with Crippen LogP contribution in [0.1, 0.15) is 18.9 Å². The molecule has 2 aliphatic rings. The molecule has 8 nitrogen and oxygen atoms in total. The Balaban J connectivity index is 1.65. The van der Waals surface area contributed by atoms with Crippen LogP contribution in [0.4, 0.5) is 5.69 Å². The number of benzene rings is 1. The molecule has 134 valence electrons. The SMILES string of the molecule is CC1OC(C(=O)OCc2ccc([N+](=O)[O-])cc2)CC2=C1C(=O)C=CC2=O. The molecule has 2 atom stereocenters. The molecule has 1 aromatic rings. The lowest BCUT2D eigenvalue weighted by Gasteiger charge is -2.30. The van der Waals surface area contributed by atoms with Gasteiger partial charge in [-0.2, -0.15) is 0 Å². The molecule has 0 N–H and O–H groups in total. The minimum atomic E-state index is -0.981. The molecule has 3 rings (SSSR count). The van der Waals surface area contributed by atoms with E-state index < -0.39 is 23.1 Å². The fraction of sp³-hybridized carbons (Fsp3) is 0.278. The van der Waals surface area contributed by atoms with Gasteiger partial charge >= 0.3 is 5.97 Å². The number of nitrogens with zero attached hydrogens (tertiary/aromatic N) is 1. The molecule has 0 radical (unpaired) electrons. The third-order valence-electron chi connectivity index (χ3n) is 4.23. The third-order valence-corrected chi connectivity index (χ3v) is 4.23. The molecule has 0 amide bonds. The molecule has 0 bridgehead atoms. The van der Waals surface area contributed by atoms with E-state index >= 15 is 0 Å². The van der Waals surface area contributed by atoms with E-state index in [9.17, 15) is 24.5 Å². The summed E-state index contributed by atoms with van der Waals surface area (Å²) in [7, 11) is 0. The van der Waals surface area contributed by atoms with Crippen molar-refractivity contribution in [1.29, 1.82) is 0 Å². The molecule has 0 saturated carbocycles. The summed E-state index contributed by atoms with van der Waals surface area (Å²) in [6.45, 7) is 1.53. The number of carbonyl (C=O) groups excluding carboxylic acids is 3. The van der Waals surface area contributed by atoms with Gasteiger partial charge in [0.2, 0.25) is 0 Å². The van der Waals surface area contributed by atoms with Crippen LogP contribution in [0.25, 0.3) is 0 Å². The van der Waals surface area contributed by atoms with E-state index in [1.54, 1.807) is 6.92 Å². The number of hydrogen-bond donors (Lipinski definition) is 0. The smallest absolute Gasteiger partial charge is 0.335 e. The second kappa shape index (κ2) is 7.01. The average molecular weight is 357 g/mol. The minimum Gasteiger partial charge on any atom is -0.459 e. The van der Waals surface area contributed by atoms with Crippen molar-refractivity contribution in [3.63, 3.8) is 0 Å². The normalized spacial score (nSPS) is 22.2. The second-order valence-electron chi connectivity index (χ2n) is 5.96. The average Bonchev–Trinajstić information content (AvgIpc) is 2.62. The Morgan fingerprint density at radius 3 is 2.54 bits per heavy atom. The Morgan fingerprint density at radius 2 is 1.88 bits per heavy atom. The van der Waals surface area contributed by atoms with Gasteiger partial charge in [-0.25, -0.2) is 4.79 Å². The van der Waals surface area contributed by atoms with Gasteiger partial charge in [0.15, 0.2) is 17.7 Å². The van der Waals surface area contributed by atoms with Crippen molar-refractivity contribution in [2.45, 2.75) is 32.2 Å². The van der Waals surface area contributed by atoms with Crippen molar-refractivity contribution in [2.75, 3.05) is 0 Å². The number of rotatable bonds is 4. The number of ketones is 2. The van der Waals surface area contributed by atoms with Gasteiger partial charge in [0.05, 0.1) is 11.0 Å². The monoisotopic (exact) mass is 357 g/mol. The van der Waals surface area contributed by atoms with Crippen molar-refractivity contribution < 1.29 is 28.8 Å². The molecule has 1 heterocycles. The number of hydrogen-bond acceptors (Lipinski definition) is 7. The number of non-ortho nitro benzene ring substituents is 1. The highest BCUT2D eigenvalue weighted by Gasteiger charge is 2.38. The highest BCUT2D eigenvalue weighted by atomic mass is 16.6. The number of nitro groups is 1. The first-order valence-corrected chi connectivity index (χ1v) is 7.92. The first kappa shape index (κ1) is 17.7. The van der Waals surface area contributed by atoms with Crippen LogP contribution in [0.3, 0.4) is 0 Å². The Labute approximate surface area is 148 Å². The summed E-state index contributed by atoms with van der Waals surface area (Å²) in [5.74, 6) is -1.25. The zero-order chi connectivity index (χ0) is 18.8. The van der Waals surface area contributed by atoms with Crippen LogP contribution in [0, 0.1) is 10.1 Å². The molecular formula is C18H15NO7. The van der Waals surface area contributed by atoms with Gasteiger partial charge in [-0.1, -0.05) is 0 Å². The standard InChI is InChI=1S/C18H15NO7/c1-10-17-13(14(20)6-7-15(17)21)8-16(26-10)18(22)25-9-11-2-4-12(5-3-11)19(23)24/h2-7,10,16H,8-9H2,1H3. The van der Waals surface area contributed by atoms with Gasteiger partial charge in [-0.15, -0.1) is 0 Å². The molecule has 0 saturated heterocycles. The largest absolute Gasteiger partial charge is 0.459 e. The lowest BCUT2D eigenvalue weighted by Crippen LogP contribution is -2.39. The zero-order valence-corrected chi connectivity index (χ0v) is 13.8. The Morgan fingerprint density at radius 1 is 1.23 bits per heavy atom. The van der Waals surface area contributed by atoms with Crippen LogP contribution in [0.15, 0.2) is 47.6 Å². The molecular weight excluding hydrogens is 342 g/mol. The first-order chi connectivity index (χ1) is 12.4. The summed E-state index contributed by atoms with van der Waals surface area (Å²) >= 11 is 0. The third kappa shape index (κ3) is 3.45. The van der Waals surface area contributed by atoms with Crippen LogP contribution in [-0.2, 0) is 30.5 Å². The fourth-order valence-electron chi connectivity index (χ4n) is 2.93. The molecule has 1 aromatic carbocycles. The molecule has 2 unspecified atom stereocenters. The molecule has 0 spiro atoms. The van der Waals surface area contributed by atoms with Crippen LogP contribution in [0.5, 0.6) is 0 Å². The lowest BCUT2D eigenvalue weighted by molar-refractivity contribution is -0.384. The molecule has 0 aromatic heterocycles. The van der Waals surface area contributed by atoms with E-state index in [0.717, 1.165) is 0 Å². The van der Waals surface area contributed by atoms with E-state index in [0.29, 0.717) is 5.56 Å². The van der Waals surface area contributed by atoms with Gasteiger partial charge in [0, 0.05) is 29.7 Å². The summed E-state index contributed by atoms with van der Waals surface area (Å²) in [6, 6.07) is 5.62. The van der Waals surface area contributed by atoms with E-state index in [4.69, 9.17) is 9.47 Å². The highest BCUT2D eigenvalue weighted by molar-refractivity contribution is 6.20. The van der Waals surface area contributed by atoms with Gasteiger partial charge < -0.3 is 9.47 Å². The fourth-order valence-corrected chi connectivity index (χ4v) is 2.93. The van der Waals surface area contributed by atoms with Gasteiger partial charge in [0.1, 0.15) is 6.61 Å². The maximum Gasteiger partial charge on any atom is 0.335 e. The van der Waals surface area contributed by atoms with E-state index in [1.165, 1.54) is 36.4 Å². The maximum absolute atomic E-state index is 12.3. The molecule has 0 fully saturated rings. The Bertz CT molecular complexity index is 851. The number of carbonyl (C=O) groups is 3. The van der Waals surface area contributed by atoms with Gasteiger partial charge in [-0.3, -0.25) is 19.7 Å². The molecule has 1 aliphatic carbocycles. The summed E-state index contributed by atoms with van der Waals surface area (Å²) in [5, 5.41) is 10.6. The topological polar surface area (TPSA) is 113 Å². The van der Waals surface area contributed by atoms with Crippen LogP contribution in [0.2, 0.25) is 0 Å². The van der Waals surface area contributed by atoms with E-state index in [-0.39, 0.29) is 41.4 Å². The van der Waals surface area contributed by atoms with Crippen LogP contribution >= 0.6 is 0 Å². The summed E-state index contributed by atoms with van der Waals surface area (Å²) in [4.78, 5) is 46.3. The van der Waals surface area contributed by atoms with Crippen molar-refractivity contribution >= 4 is 23.2 Å². The number of allylic oxidation sites excluding steroid dienone is 2. The van der Waals surface area contributed by atoms with E-state index in [1.807, 2.05) is 0 Å². The summed E-state index contributed by atoms with van der Waals surface area (Å²) < 4.78 is 10.7. The Kier molecular flexibility index (Phi) is 4.77. The Hall–Kier alpha value is -3.13. The summed E-state index contributed by atoms with van der Waals surface area (Å²) in [6.07, 6.45) is 0.711. The number of nitro benzene ring substituents is 1. The quantitative estimate of drug-likeness (QED) is 0.349. The van der Waals surface area contributed by atoms with Crippen molar-refractivity contribution in [1.82, 2.24) is 0 Å². The number of esters is 1.